The van der Waals surface area contributed by atoms with Crippen LogP contribution in [-0.4, -0.2) is 42.4 Å². The molecule has 1 amide bonds. The number of rotatable bonds is 1. The van der Waals surface area contributed by atoms with Crippen molar-refractivity contribution in [3.63, 3.8) is 0 Å². The van der Waals surface area contributed by atoms with E-state index in [1.54, 1.807) is 4.90 Å². The number of carbonyl (C=O) groups is 1. The van der Waals surface area contributed by atoms with Crippen molar-refractivity contribution in [3.8, 4) is 0 Å². The summed E-state index contributed by atoms with van der Waals surface area (Å²) in [6, 6.07) is -0.689. The molecule has 0 aromatic heterocycles. The smallest absolute Gasteiger partial charge is 0.262 e. The number of alkyl halides is 2. The summed E-state index contributed by atoms with van der Waals surface area (Å²) in [4.78, 5) is 13.8. The first-order chi connectivity index (χ1) is 7.89. The lowest BCUT2D eigenvalue weighted by atomic mass is 9.88. The molecule has 2 aliphatic heterocycles. The highest BCUT2D eigenvalue weighted by molar-refractivity contribution is 5.85. The van der Waals surface area contributed by atoms with Gasteiger partial charge in [-0.05, 0) is 18.3 Å². The van der Waals surface area contributed by atoms with Crippen molar-refractivity contribution in [3.05, 3.63) is 0 Å². The first-order valence-corrected chi connectivity index (χ1v) is 6.29. The maximum absolute atomic E-state index is 13.0. The number of likely N-dealkylation sites (tertiary alicyclic amines) is 1. The Morgan fingerprint density at radius 2 is 2.00 bits per heavy atom. The lowest BCUT2D eigenvalue weighted by Gasteiger charge is -2.36. The average molecular weight is 283 g/mol. The van der Waals surface area contributed by atoms with Crippen molar-refractivity contribution < 1.29 is 13.6 Å². The molecule has 0 spiro atoms. The molecule has 3 unspecified atom stereocenters. The van der Waals surface area contributed by atoms with E-state index < -0.39 is 12.0 Å². The third-order valence-electron chi connectivity index (χ3n) is 4.05. The molecular weight excluding hydrogens is 262 g/mol. The van der Waals surface area contributed by atoms with Crippen molar-refractivity contribution >= 4 is 18.3 Å². The number of nitrogens with one attached hydrogen (secondary N) is 1. The lowest BCUT2D eigenvalue weighted by Crippen LogP contribution is -2.49. The molecule has 2 aliphatic rings. The Hall–Kier alpha value is -0.420. The van der Waals surface area contributed by atoms with E-state index in [1.165, 1.54) is 0 Å². The molecule has 2 rings (SSSR count). The van der Waals surface area contributed by atoms with Crippen LogP contribution >= 0.6 is 12.4 Å². The van der Waals surface area contributed by atoms with Gasteiger partial charge in [0.2, 0.25) is 5.91 Å². The van der Waals surface area contributed by atoms with Crippen LogP contribution in [0.25, 0.3) is 0 Å². The summed E-state index contributed by atoms with van der Waals surface area (Å²) in [5.74, 6) is -1.82. The van der Waals surface area contributed by atoms with E-state index >= 15 is 0 Å². The predicted octanol–water partition coefficient (Wildman–Crippen LogP) is 1.91. The second kappa shape index (κ2) is 5.70. The number of halogens is 3. The summed E-state index contributed by atoms with van der Waals surface area (Å²) < 4.78 is 26.1. The monoisotopic (exact) mass is 282 g/mol. The summed E-state index contributed by atoms with van der Waals surface area (Å²) in [7, 11) is 0. The van der Waals surface area contributed by atoms with Gasteiger partial charge in [0, 0.05) is 19.5 Å². The standard InChI is InChI=1S/C12H20F2N2O.ClH/c1-8-3-4-16(6-9(8)2)11(17)10-5-12(13,14)7-15-10;/h8-10,15H,3-7H2,1-2H3;1H. The van der Waals surface area contributed by atoms with Crippen molar-refractivity contribution in [2.24, 2.45) is 11.8 Å². The van der Waals surface area contributed by atoms with E-state index in [1.807, 2.05) is 0 Å². The molecule has 3 nitrogen and oxygen atoms in total. The first kappa shape index (κ1) is 15.6. The van der Waals surface area contributed by atoms with E-state index in [0.29, 0.717) is 24.9 Å². The zero-order valence-corrected chi connectivity index (χ0v) is 11.6. The van der Waals surface area contributed by atoms with Crippen LogP contribution in [0.15, 0.2) is 0 Å². The molecule has 3 atom stereocenters. The molecule has 0 saturated carbocycles. The topological polar surface area (TPSA) is 32.3 Å². The highest BCUT2D eigenvalue weighted by atomic mass is 35.5. The number of piperidine rings is 1. The van der Waals surface area contributed by atoms with Crippen LogP contribution in [0.4, 0.5) is 8.78 Å². The molecular formula is C12H21ClF2N2O. The van der Waals surface area contributed by atoms with Crippen molar-refractivity contribution in [2.45, 2.75) is 38.7 Å². The Balaban J connectivity index is 0.00000162. The van der Waals surface area contributed by atoms with Gasteiger partial charge < -0.3 is 4.90 Å². The molecule has 18 heavy (non-hydrogen) atoms. The molecule has 0 bridgehead atoms. The third-order valence-corrected chi connectivity index (χ3v) is 4.05. The normalized spacial score (nSPS) is 35.1. The summed E-state index contributed by atoms with van der Waals surface area (Å²) in [5, 5.41) is 2.63. The highest BCUT2D eigenvalue weighted by Gasteiger charge is 2.44. The fourth-order valence-corrected chi connectivity index (χ4v) is 2.57. The Kier molecular flexibility index (Phi) is 4.95. The summed E-state index contributed by atoms with van der Waals surface area (Å²) in [5.41, 5.74) is 0. The van der Waals surface area contributed by atoms with Crippen LogP contribution in [0, 0.1) is 11.8 Å². The second-order valence-corrected chi connectivity index (χ2v) is 5.52. The van der Waals surface area contributed by atoms with Crippen LogP contribution in [0.2, 0.25) is 0 Å². The van der Waals surface area contributed by atoms with Gasteiger partial charge in [-0.25, -0.2) is 8.78 Å². The number of nitrogens with zero attached hydrogens (tertiary/aromatic N) is 1. The average Bonchev–Trinajstić information content (AvgIpc) is 2.62. The van der Waals surface area contributed by atoms with Crippen LogP contribution in [0.5, 0.6) is 0 Å². The van der Waals surface area contributed by atoms with Crippen LogP contribution < -0.4 is 5.32 Å². The zero-order chi connectivity index (χ0) is 12.6. The van der Waals surface area contributed by atoms with Gasteiger partial charge in [0.05, 0.1) is 12.6 Å². The fourth-order valence-electron chi connectivity index (χ4n) is 2.57. The number of carbonyl (C=O) groups excluding carboxylic acids is 1. The van der Waals surface area contributed by atoms with Gasteiger partial charge in [-0.1, -0.05) is 13.8 Å². The van der Waals surface area contributed by atoms with Gasteiger partial charge in [0.1, 0.15) is 0 Å². The molecule has 0 radical (unpaired) electrons. The Morgan fingerprint density at radius 3 is 2.50 bits per heavy atom. The summed E-state index contributed by atoms with van der Waals surface area (Å²) in [6.07, 6.45) is 0.613. The minimum absolute atomic E-state index is 0. The minimum Gasteiger partial charge on any atom is -0.341 e. The SMILES string of the molecule is CC1CCN(C(=O)C2CC(F)(F)CN2)CC1C.Cl. The van der Waals surface area contributed by atoms with E-state index in [-0.39, 0.29) is 31.3 Å². The molecule has 0 aromatic rings. The molecule has 1 N–H and O–H groups in total. The quantitative estimate of drug-likeness (QED) is 0.797. The van der Waals surface area contributed by atoms with Crippen molar-refractivity contribution in [1.82, 2.24) is 10.2 Å². The Bertz CT molecular complexity index is 314. The first-order valence-electron chi connectivity index (χ1n) is 6.29. The predicted molar refractivity (Wildman–Crippen MR) is 68.1 cm³/mol. The third kappa shape index (κ3) is 3.32. The van der Waals surface area contributed by atoms with Gasteiger partial charge in [-0.15, -0.1) is 12.4 Å². The van der Waals surface area contributed by atoms with E-state index in [0.717, 1.165) is 6.42 Å². The summed E-state index contributed by atoms with van der Waals surface area (Å²) in [6.45, 7) is 5.32. The zero-order valence-electron chi connectivity index (χ0n) is 10.8. The highest BCUT2D eigenvalue weighted by Crippen LogP contribution is 2.28. The maximum atomic E-state index is 13.0. The molecule has 2 heterocycles. The van der Waals surface area contributed by atoms with Crippen LogP contribution in [0.1, 0.15) is 26.7 Å². The van der Waals surface area contributed by atoms with Crippen molar-refractivity contribution in [1.29, 1.82) is 0 Å². The second-order valence-electron chi connectivity index (χ2n) is 5.52. The van der Waals surface area contributed by atoms with E-state index in [9.17, 15) is 13.6 Å². The van der Waals surface area contributed by atoms with Crippen LogP contribution in [0.3, 0.4) is 0 Å². The van der Waals surface area contributed by atoms with Crippen LogP contribution in [-0.2, 0) is 4.79 Å². The van der Waals surface area contributed by atoms with Gasteiger partial charge in [-0.3, -0.25) is 10.1 Å². The molecule has 0 aliphatic carbocycles. The molecule has 106 valence electrons. The minimum atomic E-state index is -2.73. The molecule has 2 fully saturated rings. The van der Waals surface area contributed by atoms with Crippen molar-refractivity contribution in [2.75, 3.05) is 19.6 Å². The van der Waals surface area contributed by atoms with E-state index in [4.69, 9.17) is 0 Å². The van der Waals surface area contributed by atoms with Gasteiger partial charge in [0.25, 0.3) is 5.92 Å². The fraction of sp³-hybridized carbons (Fsp3) is 0.917. The van der Waals surface area contributed by atoms with Gasteiger partial charge in [0.15, 0.2) is 0 Å². The molecule has 2 saturated heterocycles. The number of hydrogen-bond acceptors (Lipinski definition) is 2. The van der Waals surface area contributed by atoms with Gasteiger partial charge >= 0.3 is 0 Å². The largest absolute Gasteiger partial charge is 0.341 e. The number of hydrogen-bond donors (Lipinski definition) is 1. The maximum Gasteiger partial charge on any atom is 0.262 e. The lowest BCUT2D eigenvalue weighted by molar-refractivity contribution is -0.136. The molecule has 6 heteroatoms. The Labute approximate surface area is 113 Å². The Morgan fingerprint density at radius 1 is 1.33 bits per heavy atom. The van der Waals surface area contributed by atoms with E-state index in [2.05, 4.69) is 19.2 Å². The van der Waals surface area contributed by atoms with Gasteiger partial charge in [-0.2, -0.15) is 0 Å². The molecule has 0 aromatic carbocycles. The summed E-state index contributed by atoms with van der Waals surface area (Å²) >= 11 is 0. The number of amides is 1.